The first-order chi connectivity index (χ1) is 28.8. The van der Waals surface area contributed by atoms with Crippen molar-refractivity contribution in [2.24, 2.45) is 0 Å². The number of hydrogen-bond donors (Lipinski definition) is 0. The van der Waals surface area contributed by atoms with E-state index in [9.17, 15) is 0 Å². The second-order valence-electron chi connectivity index (χ2n) is 15.0. The lowest BCUT2D eigenvalue weighted by Gasteiger charge is -2.15. The molecule has 0 saturated heterocycles. The molecule has 3 aromatic heterocycles. The number of para-hydroxylation sites is 4. The molecule has 0 bridgehead atoms. The Morgan fingerprint density at radius 3 is 1.78 bits per heavy atom. The fraction of sp³-hybridized carbons (Fsp3) is 0. The summed E-state index contributed by atoms with van der Waals surface area (Å²) in [6, 6.07) is 73.8. The Bertz CT molecular complexity index is 3560. The third kappa shape index (κ3) is 5.02. The van der Waals surface area contributed by atoms with Gasteiger partial charge in [0.15, 0.2) is 5.82 Å². The number of rotatable bonds is 5. The van der Waals surface area contributed by atoms with E-state index in [1.807, 2.05) is 12.1 Å². The SMILES string of the molecule is c1ccc(-c2cccc(-c3nc4ccccc4nc3-n3c4cc(-c5ccc6c(c5)c5ccccc5n6-c5ccccc5)ccc4c4ccc5ccccc5c43)c2)cc1. The van der Waals surface area contributed by atoms with Gasteiger partial charge in [-0.05, 0) is 82.2 Å². The molecule has 58 heavy (non-hydrogen) atoms. The van der Waals surface area contributed by atoms with Gasteiger partial charge in [0.05, 0.1) is 33.1 Å². The normalized spacial score (nSPS) is 11.8. The third-order valence-electron chi connectivity index (χ3n) is 11.7. The van der Waals surface area contributed by atoms with Crippen LogP contribution < -0.4 is 0 Å². The molecule has 0 aliphatic rings. The maximum Gasteiger partial charge on any atom is 0.165 e. The van der Waals surface area contributed by atoms with Crippen LogP contribution >= 0.6 is 0 Å². The second kappa shape index (κ2) is 12.9. The second-order valence-corrected chi connectivity index (χ2v) is 15.0. The average Bonchev–Trinajstić information content (AvgIpc) is 3.81. The lowest BCUT2D eigenvalue weighted by atomic mass is 10.0. The molecule has 270 valence electrons. The van der Waals surface area contributed by atoms with Gasteiger partial charge in [-0.1, -0.05) is 152 Å². The van der Waals surface area contributed by atoms with Crippen LogP contribution in [-0.4, -0.2) is 19.1 Å². The summed E-state index contributed by atoms with van der Waals surface area (Å²) in [5.74, 6) is 0.804. The van der Waals surface area contributed by atoms with E-state index in [0.717, 1.165) is 67.1 Å². The van der Waals surface area contributed by atoms with E-state index in [1.165, 1.54) is 43.4 Å². The van der Waals surface area contributed by atoms with Crippen LogP contribution in [0.5, 0.6) is 0 Å². The van der Waals surface area contributed by atoms with Crippen molar-refractivity contribution in [1.82, 2.24) is 19.1 Å². The van der Waals surface area contributed by atoms with Crippen molar-refractivity contribution >= 4 is 65.4 Å². The summed E-state index contributed by atoms with van der Waals surface area (Å²) in [4.78, 5) is 10.9. The van der Waals surface area contributed by atoms with E-state index in [1.54, 1.807) is 0 Å². The predicted octanol–water partition coefficient (Wildman–Crippen LogP) is 14.0. The topological polar surface area (TPSA) is 35.6 Å². The van der Waals surface area contributed by atoms with Crippen molar-refractivity contribution in [3.8, 4) is 45.0 Å². The zero-order valence-electron chi connectivity index (χ0n) is 31.4. The summed E-state index contributed by atoms with van der Waals surface area (Å²) in [6.07, 6.45) is 0. The Morgan fingerprint density at radius 2 is 0.914 bits per heavy atom. The minimum atomic E-state index is 0.804. The molecule has 0 radical (unpaired) electrons. The first-order valence-electron chi connectivity index (χ1n) is 19.7. The summed E-state index contributed by atoms with van der Waals surface area (Å²) < 4.78 is 4.74. The van der Waals surface area contributed by atoms with Crippen molar-refractivity contribution in [2.45, 2.75) is 0 Å². The van der Waals surface area contributed by atoms with Crippen LogP contribution in [0.4, 0.5) is 0 Å². The first kappa shape index (κ1) is 32.4. The van der Waals surface area contributed by atoms with Gasteiger partial charge < -0.3 is 4.57 Å². The molecule has 4 nitrogen and oxygen atoms in total. The van der Waals surface area contributed by atoms with E-state index < -0.39 is 0 Å². The van der Waals surface area contributed by atoms with Gasteiger partial charge >= 0.3 is 0 Å². The quantitative estimate of drug-likeness (QED) is 0.176. The minimum Gasteiger partial charge on any atom is -0.309 e. The maximum atomic E-state index is 5.51. The zero-order valence-corrected chi connectivity index (χ0v) is 31.4. The Balaban J connectivity index is 1.14. The average molecular weight is 739 g/mol. The maximum absolute atomic E-state index is 5.51. The molecule has 0 aliphatic carbocycles. The molecule has 0 amide bonds. The van der Waals surface area contributed by atoms with Crippen LogP contribution in [0.2, 0.25) is 0 Å². The number of benzene rings is 9. The third-order valence-corrected chi connectivity index (χ3v) is 11.7. The molecule has 0 aliphatic heterocycles. The molecule has 12 rings (SSSR count). The van der Waals surface area contributed by atoms with E-state index >= 15 is 0 Å². The molecular formula is C54H34N4. The van der Waals surface area contributed by atoms with Crippen LogP contribution in [0, 0.1) is 0 Å². The van der Waals surface area contributed by atoms with E-state index in [4.69, 9.17) is 9.97 Å². The van der Waals surface area contributed by atoms with Crippen LogP contribution in [0.3, 0.4) is 0 Å². The van der Waals surface area contributed by atoms with Crippen LogP contribution in [0.25, 0.3) is 110 Å². The number of aromatic nitrogens is 4. The number of fused-ring (bicyclic) bond motifs is 9. The molecule has 0 fully saturated rings. The molecule has 0 saturated carbocycles. The molecule has 3 heterocycles. The smallest absolute Gasteiger partial charge is 0.165 e. The highest BCUT2D eigenvalue weighted by atomic mass is 15.1. The predicted molar refractivity (Wildman–Crippen MR) is 242 cm³/mol. The van der Waals surface area contributed by atoms with Gasteiger partial charge in [-0.3, -0.25) is 4.57 Å². The van der Waals surface area contributed by atoms with Gasteiger partial charge in [0, 0.05) is 38.2 Å². The molecular weight excluding hydrogens is 705 g/mol. The van der Waals surface area contributed by atoms with E-state index in [0.29, 0.717) is 0 Å². The Morgan fingerprint density at radius 1 is 0.310 bits per heavy atom. The van der Waals surface area contributed by atoms with E-state index in [2.05, 4.69) is 203 Å². The van der Waals surface area contributed by atoms with Gasteiger partial charge in [0.2, 0.25) is 0 Å². The molecule has 0 N–H and O–H groups in total. The summed E-state index contributed by atoms with van der Waals surface area (Å²) in [5.41, 5.74) is 13.9. The fourth-order valence-electron chi connectivity index (χ4n) is 9.00. The highest BCUT2D eigenvalue weighted by Crippen LogP contribution is 2.42. The van der Waals surface area contributed by atoms with Crippen LogP contribution in [0.1, 0.15) is 0 Å². The molecule has 0 atom stereocenters. The lowest BCUT2D eigenvalue weighted by molar-refractivity contribution is 1.08. The summed E-state index contributed by atoms with van der Waals surface area (Å²) in [7, 11) is 0. The minimum absolute atomic E-state index is 0.804. The Labute approximate surface area is 334 Å². The lowest BCUT2D eigenvalue weighted by Crippen LogP contribution is -2.04. The number of nitrogens with zero attached hydrogens (tertiary/aromatic N) is 4. The molecule has 9 aromatic carbocycles. The van der Waals surface area contributed by atoms with Gasteiger partial charge in [-0.15, -0.1) is 0 Å². The van der Waals surface area contributed by atoms with Crippen molar-refractivity contribution < 1.29 is 0 Å². The molecule has 4 heteroatoms. The van der Waals surface area contributed by atoms with Crippen molar-refractivity contribution in [1.29, 1.82) is 0 Å². The first-order valence-corrected chi connectivity index (χ1v) is 19.7. The van der Waals surface area contributed by atoms with Gasteiger partial charge in [0.25, 0.3) is 0 Å². The standard InChI is InChI=1S/C54H34N4/c1-3-14-35(15-4-1)37-17-13-18-40(32-37)52-54(56-48-24-11-10-23-47(48)55-52)58-51-34-39(27-29-44(51)45-30-26-36-16-7-8-21-42(36)53(45)58)38-28-31-50-46(33-38)43-22-9-12-25-49(43)57(50)41-19-5-2-6-20-41/h1-34H. The van der Waals surface area contributed by atoms with E-state index in [-0.39, 0.29) is 0 Å². The monoisotopic (exact) mass is 738 g/mol. The van der Waals surface area contributed by atoms with Crippen molar-refractivity contribution in [3.05, 3.63) is 206 Å². The summed E-state index contributed by atoms with van der Waals surface area (Å²) in [6.45, 7) is 0. The van der Waals surface area contributed by atoms with Gasteiger partial charge in [-0.2, -0.15) is 0 Å². The molecule has 12 aromatic rings. The van der Waals surface area contributed by atoms with Crippen molar-refractivity contribution in [2.75, 3.05) is 0 Å². The zero-order chi connectivity index (χ0) is 38.2. The van der Waals surface area contributed by atoms with Crippen LogP contribution in [-0.2, 0) is 0 Å². The molecule has 0 spiro atoms. The van der Waals surface area contributed by atoms with Crippen molar-refractivity contribution in [3.63, 3.8) is 0 Å². The van der Waals surface area contributed by atoms with Gasteiger partial charge in [-0.25, -0.2) is 9.97 Å². The summed E-state index contributed by atoms with van der Waals surface area (Å²) >= 11 is 0. The highest BCUT2D eigenvalue weighted by Gasteiger charge is 2.22. The Hall–Kier alpha value is -7.82. The fourth-order valence-corrected chi connectivity index (χ4v) is 9.00. The summed E-state index contributed by atoms with van der Waals surface area (Å²) in [5, 5.41) is 7.17. The Kier molecular flexibility index (Phi) is 7.20. The molecule has 0 unspecified atom stereocenters. The largest absolute Gasteiger partial charge is 0.309 e. The number of hydrogen-bond acceptors (Lipinski definition) is 2. The highest BCUT2D eigenvalue weighted by molar-refractivity contribution is 6.19. The van der Waals surface area contributed by atoms with Gasteiger partial charge in [0.1, 0.15) is 5.69 Å². The van der Waals surface area contributed by atoms with Crippen LogP contribution in [0.15, 0.2) is 206 Å².